The Morgan fingerprint density at radius 1 is 1.08 bits per heavy atom. The minimum Gasteiger partial charge on any atom is -0.507 e. The molecule has 0 aliphatic carbocycles. The van der Waals surface area contributed by atoms with Gasteiger partial charge < -0.3 is 10.4 Å². The number of rotatable bonds is 3. The van der Waals surface area contributed by atoms with Gasteiger partial charge in [0.2, 0.25) is 5.91 Å². The van der Waals surface area contributed by atoms with Gasteiger partial charge in [-0.05, 0) is 17.7 Å². The van der Waals surface area contributed by atoms with Gasteiger partial charge in [0, 0.05) is 36.0 Å². The molecule has 0 atom stereocenters. The zero-order valence-electron chi connectivity index (χ0n) is 12.8. The van der Waals surface area contributed by atoms with Crippen molar-refractivity contribution in [1.29, 1.82) is 0 Å². The first-order valence-electron chi connectivity index (χ1n) is 7.21. The smallest absolute Gasteiger partial charge is 0.221 e. The van der Waals surface area contributed by atoms with E-state index < -0.39 is 5.82 Å². The Hall–Kier alpha value is -3.28. The van der Waals surface area contributed by atoms with E-state index in [1.807, 2.05) is 0 Å². The lowest BCUT2D eigenvalue weighted by Gasteiger charge is -2.11. The van der Waals surface area contributed by atoms with Crippen molar-refractivity contribution in [2.24, 2.45) is 0 Å². The summed E-state index contributed by atoms with van der Waals surface area (Å²) in [5, 5.41) is 13.0. The van der Waals surface area contributed by atoms with E-state index in [0.717, 1.165) is 0 Å². The lowest BCUT2D eigenvalue weighted by molar-refractivity contribution is -0.114. The molecule has 0 aliphatic heterocycles. The molecule has 1 heterocycles. The van der Waals surface area contributed by atoms with E-state index in [2.05, 4.69) is 15.3 Å². The Morgan fingerprint density at radius 2 is 1.75 bits per heavy atom. The third-order valence-corrected chi connectivity index (χ3v) is 3.50. The van der Waals surface area contributed by atoms with Gasteiger partial charge in [-0.25, -0.2) is 14.4 Å². The zero-order chi connectivity index (χ0) is 17.1. The molecule has 1 aromatic heterocycles. The number of nitrogens with one attached hydrogen (secondary N) is 1. The quantitative estimate of drug-likeness (QED) is 0.772. The summed E-state index contributed by atoms with van der Waals surface area (Å²) in [5.74, 6) is -0.912. The van der Waals surface area contributed by atoms with Crippen molar-refractivity contribution in [2.45, 2.75) is 6.92 Å². The molecule has 1 amide bonds. The first-order valence-corrected chi connectivity index (χ1v) is 7.21. The number of benzene rings is 2. The molecule has 6 heteroatoms. The molecular formula is C18H14FN3O2. The Balaban J connectivity index is 2.04. The van der Waals surface area contributed by atoms with Crippen LogP contribution in [0.4, 0.5) is 10.1 Å². The average molecular weight is 323 g/mol. The molecule has 0 saturated heterocycles. The third-order valence-electron chi connectivity index (χ3n) is 3.50. The van der Waals surface area contributed by atoms with Crippen molar-refractivity contribution in [3.63, 3.8) is 0 Å². The summed E-state index contributed by atoms with van der Waals surface area (Å²) < 4.78 is 14.1. The highest BCUT2D eigenvalue weighted by Gasteiger charge is 2.13. The highest BCUT2D eigenvalue weighted by molar-refractivity contribution is 5.89. The monoisotopic (exact) mass is 323 g/mol. The number of halogens is 1. The van der Waals surface area contributed by atoms with Gasteiger partial charge in [0.1, 0.15) is 17.9 Å². The highest BCUT2D eigenvalue weighted by atomic mass is 19.1. The van der Waals surface area contributed by atoms with Crippen LogP contribution in [-0.4, -0.2) is 21.0 Å². The average Bonchev–Trinajstić information content (AvgIpc) is 2.57. The first kappa shape index (κ1) is 15.6. The van der Waals surface area contributed by atoms with Crippen LogP contribution in [0.5, 0.6) is 5.75 Å². The summed E-state index contributed by atoms with van der Waals surface area (Å²) in [6.07, 6.45) is 4.58. The largest absolute Gasteiger partial charge is 0.507 e. The number of phenolic OH excluding ortho intramolecular Hbond substituents is 1. The Morgan fingerprint density at radius 3 is 2.38 bits per heavy atom. The fraction of sp³-hybridized carbons (Fsp3) is 0.0556. The van der Waals surface area contributed by atoms with Crippen LogP contribution in [0.15, 0.2) is 55.1 Å². The molecule has 24 heavy (non-hydrogen) atoms. The van der Waals surface area contributed by atoms with E-state index in [4.69, 9.17) is 0 Å². The number of hydrogen-bond acceptors (Lipinski definition) is 4. The van der Waals surface area contributed by atoms with Gasteiger partial charge in [0.25, 0.3) is 0 Å². The van der Waals surface area contributed by atoms with Crippen LogP contribution in [0.25, 0.3) is 22.3 Å². The summed E-state index contributed by atoms with van der Waals surface area (Å²) in [6.45, 7) is 1.31. The summed E-state index contributed by atoms with van der Waals surface area (Å²) in [5.41, 5.74) is 2.28. The summed E-state index contributed by atoms with van der Waals surface area (Å²) in [4.78, 5) is 18.9. The molecule has 3 rings (SSSR count). The number of carbonyl (C=O) groups is 1. The second-order valence-corrected chi connectivity index (χ2v) is 5.20. The highest BCUT2D eigenvalue weighted by Crippen LogP contribution is 2.38. The van der Waals surface area contributed by atoms with E-state index in [-0.39, 0.29) is 17.3 Å². The number of para-hydroxylation sites is 1. The molecule has 0 spiro atoms. The van der Waals surface area contributed by atoms with E-state index in [9.17, 15) is 14.3 Å². The number of nitrogens with zero attached hydrogens (tertiary/aromatic N) is 2. The van der Waals surface area contributed by atoms with Gasteiger partial charge in [-0.3, -0.25) is 4.79 Å². The van der Waals surface area contributed by atoms with Gasteiger partial charge in [-0.15, -0.1) is 0 Å². The second kappa shape index (κ2) is 6.45. The maximum Gasteiger partial charge on any atom is 0.221 e. The predicted octanol–water partition coefficient (Wildman–Crippen LogP) is 3.61. The first-order chi connectivity index (χ1) is 11.6. The van der Waals surface area contributed by atoms with E-state index in [0.29, 0.717) is 22.3 Å². The normalized spacial score (nSPS) is 10.4. The maximum atomic E-state index is 14.1. The predicted molar refractivity (Wildman–Crippen MR) is 88.8 cm³/mol. The molecule has 0 aliphatic rings. The van der Waals surface area contributed by atoms with Crippen LogP contribution in [0.1, 0.15) is 6.92 Å². The standard InChI is InChI=1S/C18H14FN3O2/c1-11(23)22-17-6-5-12(7-16(17)19)14-3-2-4-15(18(14)24)13-8-20-10-21-9-13/h2-10,24H,1H3,(H,22,23). The van der Waals surface area contributed by atoms with Gasteiger partial charge in [-0.1, -0.05) is 24.3 Å². The minimum absolute atomic E-state index is 0.0129. The molecule has 0 saturated carbocycles. The van der Waals surface area contributed by atoms with Crippen LogP contribution in [0.2, 0.25) is 0 Å². The van der Waals surface area contributed by atoms with Crippen LogP contribution < -0.4 is 5.32 Å². The van der Waals surface area contributed by atoms with E-state index in [1.54, 1.807) is 36.7 Å². The second-order valence-electron chi connectivity index (χ2n) is 5.20. The topological polar surface area (TPSA) is 75.1 Å². The summed E-state index contributed by atoms with van der Waals surface area (Å²) >= 11 is 0. The third kappa shape index (κ3) is 3.08. The van der Waals surface area contributed by atoms with Crippen molar-refractivity contribution in [1.82, 2.24) is 9.97 Å². The Bertz CT molecular complexity index is 898. The number of amides is 1. The number of carbonyl (C=O) groups excluding carboxylic acids is 1. The molecule has 3 aromatic rings. The lowest BCUT2D eigenvalue weighted by Crippen LogP contribution is -2.07. The van der Waals surface area contributed by atoms with Crippen molar-refractivity contribution in [2.75, 3.05) is 5.32 Å². The van der Waals surface area contributed by atoms with Crippen molar-refractivity contribution in [3.8, 4) is 28.0 Å². The zero-order valence-corrected chi connectivity index (χ0v) is 12.8. The fourth-order valence-electron chi connectivity index (χ4n) is 2.42. The number of phenols is 1. The molecule has 2 N–H and O–H groups in total. The van der Waals surface area contributed by atoms with Gasteiger partial charge >= 0.3 is 0 Å². The van der Waals surface area contributed by atoms with Gasteiger partial charge in [0.15, 0.2) is 0 Å². The van der Waals surface area contributed by atoms with E-state index in [1.165, 1.54) is 25.4 Å². The Kier molecular flexibility index (Phi) is 4.20. The molecular weight excluding hydrogens is 309 g/mol. The number of anilines is 1. The van der Waals surface area contributed by atoms with Crippen LogP contribution in [0, 0.1) is 5.82 Å². The van der Waals surface area contributed by atoms with Crippen LogP contribution in [0.3, 0.4) is 0 Å². The maximum absolute atomic E-state index is 14.1. The molecule has 0 radical (unpaired) electrons. The molecule has 0 fully saturated rings. The van der Waals surface area contributed by atoms with E-state index >= 15 is 0 Å². The molecule has 0 bridgehead atoms. The number of aromatic nitrogens is 2. The summed E-state index contributed by atoms with van der Waals surface area (Å²) in [7, 11) is 0. The number of hydrogen-bond donors (Lipinski definition) is 2. The fourth-order valence-corrected chi connectivity index (χ4v) is 2.42. The summed E-state index contributed by atoms with van der Waals surface area (Å²) in [6, 6.07) is 9.55. The lowest BCUT2D eigenvalue weighted by atomic mass is 9.98. The number of aromatic hydroxyl groups is 1. The molecule has 120 valence electrons. The van der Waals surface area contributed by atoms with Crippen molar-refractivity contribution in [3.05, 3.63) is 60.9 Å². The molecule has 0 unspecified atom stereocenters. The molecule has 5 nitrogen and oxygen atoms in total. The Labute approximate surface area is 137 Å². The van der Waals surface area contributed by atoms with Crippen LogP contribution in [-0.2, 0) is 4.79 Å². The van der Waals surface area contributed by atoms with Gasteiger partial charge in [0.05, 0.1) is 5.69 Å². The molecule has 2 aromatic carbocycles. The minimum atomic E-state index is -0.574. The van der Waals surface area contributed by atoms with Crippen molar-refractivity contribution >= 4 is 11.6 Å². The van der Waals surface area contributed by atoms with Gasteiger partial charge in [-0.2, -0.15) is 0 Å². The SMILES string of the molecule is CC(=O)Nc1ccc(-c2cccc(-c3cncnc3)c2O)cc1F. The van der Waals surface area contributed by atoms with Crippen molar-refractivity contribution < 1.29 is 14.3 Å². The van der Waals surface area contributed by atoms with Crippen LogP contribution >= 0.6 is 0 Å².